The maximum atomic E-state index is 14.1. The van der Waals surface area contributed by atoms with Crippen LogP contribution >= 0.6 is 0 Å². The molecule has 2 rings (SSSR count). The Morgan fingerprint density at radius 2 is 1.75 bits per heavy atom. The molecule has 16 heavy (non-hydrogen) atoms. The van der Waals surface area contributed by atoms with Gasteiger partial charge in [0.25, 0.3) is 5.92 Å². The summed E-state index contributed by atoms with van der Waals surface area (Å²) in [6, 6.07) is 0. The second-order valence-electron chi connectivity index (χ2n) is 5.31. The molecule has 0 aromatic carbocycles. The van der Waals surface area contributed by atoms with E-state index in [0.29, 0.717) is 19.5 Å². The van der Waals surface area contributed by atoms with Crippen LogP contribution in [0, 0.1) is 5.41 Å². The molecule has 2 saturated heterocycles. The van der Waals surface area contributed by atoms with Gasteiger partial charge in [-0.2, -0.15) is 0 Å². The lowest BCUT2D eigenvalue weighted by atomic mass is 9.69. The Labute approximate surface area is 96.6 Å². The molecule has 0 amide bonds. The van der Waals surface area contributed by atoms with Gasteiger partial charge in [-0.05, 0) is 32.5 Å². The maximum absolute atomic E-state index is 14.1. The fraction of sp³-hybridized carbons (Fsp3) is 1.00. The summed E-state index contributed by atoms with van der Waals surface area (Å²) in [6.07, 6.45) is 1.63. The molecule has 2 aliphatic heterocycles. The van der Waals surface area contributed by atoms with Crippen molar-refractivity contribution in [2.45, 2.75) is 32.6 Å². The Morgan fingerprint density at radius 1 is 1.06 bits per heavy atom. The van der Waals surface area contributed by atoms with Crippen LogP contribution in [0.3, 0.4) is 0 Å². The molecule has 0 unspecified atom stereocenters. The third kappa shape index (κ3) is 1.86. The van der Waals surface area contributed by atoms with Crippen LogP contribution in [0.15, 0.2) is 0 Å². The van der Waals surface area contributed by atoms with E-state index in [1.807, 2.05) is 18.7 Å². The average molecular weight is 232 g/mol. The molecule has 94 valence electrons. The van der Waals surface area contributed by atoms with Gasteiger partial charge >= 0.3 is 0 Å². The van der Waals surface area contributed by atoms with Crippen LogP contribution in [-0.2, 0) is 0 Å². The van der Waals surface area contributed by atoms with Crippen LogP contribution in [-0.4, -0.2) is 55.0 Å². The fourth-order valence-corrected chi connectivity index (χ4v) is 3.01. The Morgan fingerprint density at radius 3 is 2.25 bits per heavy atom. The number of nitrogens with zero attached hydrogens (tertiary/aromatic N) is 2. The van der Waals surface area contributed by atoms with Crippen molar-refractivity contribution in [3.63, 3.8) is 0 Å². The van der Waals surface area contributed by atoms with Crippen molar-refractivity contribution >= 4 is 0 Å². The van der Waals surface area contributed by atoms with Crippen molar-refractivity contribution in [3.05, 3.63) is 0 Å². The van der Waals surface area contributed by atoms with E-state index in [4.69, 9.17) is 0 Å². The van der Waals surface area contributed by atoms with Gasteiger partial charge in [0.2, 0.25) is 0 Å². The molecule has 2 heterocycles. The highest BCUT2D eigenvalue weighted by Crippen LogP contribution is 2.49. The molecule has 4 heteroatoms. The largest absolute Gasteiger partial charge is 0.302 e. The maximum Gasteiger partial charge on any atom is 0.268 e. The Balaban J connectivity index is 1.98. The first-order chi connectivity index (χ1) is 7.53. The minimum Gasteiger partial charge on any atom is -0.302 e. The van der Waals surface area contributed by atoms with Crippen molar-refractivity contribution in [2.24, 2.45) is 5.41 Å². The van der Waals surface area contributed by atoms with Crippen LogP contribution in [0.2, 0.25) is 0 Å². The lowest BCUT2D eigenvalue weighted by molar-refractivity contribution is -0.223. The Bertz CT molecular complexity index is 249. The molecule has 0 atom stereocenters. The van der Waals surface area contributed by atoms with Gasteiger partial charge in [-0.3, -0.25) is 4.90 Å². The number of hydrogen-bond donors (Lipinski definition) is 0. The monoisotopic (exact) mass is 232 g/mol. The van der Waals surface area contributed by atoms with Crippen molar-refractivity contribution in [1.29, 1.82) is 0 Å². The van der Waals surface area contributed by atoms with Gasteiger partial charge in [-0.25, -0.2) is 8.78 Å². The van der Waals surface area contributed by atoms with Crippen molar-refractivity contribution in [2.75, 3.05) is 39.3 Å². The number of alkyl halides is 2. The number of hydrogen-bond acceptors (Lipinski definition) is 2. The molecule has 0 N–H and O–H groups in total. The first-order valence-corrected chi connectivity index (χ1v) is 6.35. The third-order valence-electron chi connectivity index (χ3n) is 4.14. The molecular weight excluding hydrogens is 210 g/mol. The second kappa shape index (κ2) is 4.22. The van der Waals surface area contributed by atoms with Crippen LogP contribution in [0.4, 0.5) is 8.78 Å². The normalized spacial score (nSPS) is 29.2. The summed E-state index contributed by atoms with van der Waals surface area (Å²) in [6.45, 7) is 7.80. The van der Waals surface area contributed by atoms with Crippen LogP contribution in [0.25, 0.3) is 0 Å². The SMILES string of the molecule is CCCN1CCC2(CN(CC)C2)C(F)(F)C1. The minimum absolute atomic E-state index is 0.0294. The molecule has 0 saturated carbocycles. The van der Waals surface area contributed by atoms with Crippen molar-refractivity contribution in [1.82, 2.24) is 9.80 Å². The predicted octanol–water partition coefficient (Wildman–Crippen LogP) is 2.06. The lowest BCUT2D eigenvalue weighted by Crippen LogP contribution is -2.69. The minimum atomic E-state index is -2.49. The molecule has 0 aromatic heterocycles. The van der Waals surface area contributed by atoms with E-state index in [0.717, 1.165) is 26.1 Å². The molecule has 2 fully saturated rings. The zero-order chi connectivity index (χ0) is 11.8. The smallest absolute Gasteiger partial charge is 0.268 e. The van der Waals surface area contributed by atoms with E-state index in [-0.39, 0.29) is 6.54 Å². The Kier molecular flexibility index (Phi) is 3.23. The highest BCUT2D eigenvalue weighted by atomic mass is 19.3. The van der Waals surface area contributed by atoms with E-state index < -0.39 is 11.3 Å². The summed E-state index contributed by atoms with van der Waals surface area (Å²) in [5.74, 6) is -2.49. The summed E-state index contributed by atoms with van der Waals surface area (Å²) < 4.78 is 28.2. The quantitative estimate of drug-likeness (QED) is 0.735. The third-order valence-corrected chi connectivity index (χ3v) is 4.14. The highest BCUT2D eigenvalue weighted by molar-refractivity contribution is 5.07. The molecule has 0 aliphatic carbocycles. The first-order valence-electron chi connectivity index (χ1n) is 6.35. The highest BCUT2D eigenvalue weighted by Gasteiger charge is 2.61. The van der Waals surface area contributed by atoms with Gasteiger partial charge in [-0.1, -0.05) is 13.8 Å². The van der Waals surface area contributed by atoms with Crippen LogP contribution in [0.1, 0.15) is 26.7 Å². The first kappa shape index (κ1) is 12.2. The van der Waals surface area contributed by atoms with Gasteiger partial charge in [-0.15, -0.1) is 0 Å². The molecular formula is C12H22F2N2. The van der Waals surface area contributed by atoms with Gasteiger partial charge < -0.3 is 4.90 Å². The molecule has 0 radical (unpaired) electrons. The number of halogens is 2. The molecule has 2 nitrogen and oxygen atoms in total. The number of piperidine rings is 1. The summed E-state index contributed by atoms with van der Waals surface area (Å²) >= 11 is 0. The fourth-order valence-electron chi connectivity index (χ4n) is 3.01. The summed E-state index contributed by atoms with van der Waals surface area (Å²) in [4.78, 5) is 4.03. The van der Waals surface area contributed by atoms with Crippen molar-refractivity contribution in [3.8, 4) is 0 Å². The van der Waals surface area contributed by atoms with Gasteiger partial charge in [0, 0.05) is 13.1 Å². The standard InChI is InChI=1S/C12H22F2N2/c1-3-6-16-7-5-11(12(13,14)10-16)8-15(4-2)9-11/h3-10H2,1-2H3. The summed E-state index contributed by atoms with van der Waals surface area (Å²) in [5.41, 5.74) is -0.701. The van der Waals surface area contributed by atoms with Gasteiger partial charge in [0.05, 0.1) is 12.0 Å². The van der Waals surface area contributed by atoms with Gasteiger partial charge in [0.15, 0.2) is 0 Å². The topological polar surface area (TPSA) is 6.48 Å². The van der Waals surface area contributed by atoms with E-state index in [1.165, 1.54) is 0 Å². The van der Waals surface area contributed by atoms with E-state index in [9.17, 15) is 8.78 Å². The molecule has 2 aliphatic rings. The predicted molar refractivity (Wildman–Crippen MR) is 60.8 cm³/mol. The average Bonchev–Trinajstić information content (AvgIpc) is 2.14. The lowest BCUT2D eigenvalue weighted by Gasteiger charge is -2.57. The molecule has 0 aromatic rings. The Hall–Kier alpha value is -0.220. The van der Waals surface area contributed by atoms with E-state index in [1.54, 1.807) is 0 Å². The van der Waals surface area contributed by atoms with Crippen molar-refractivity contribution < 1.29 is 8.78 Å². The van der Waals surface area contributed by atoms with Gasteiger partial charge in [0.1, 0.15) is 0 Å². The molecule has 0 bridgehead atoms. The number of likely N-dealkylation sites (tertiary alicyclic amines) is 2. The van der Waals surface area contributed by atoms with E-state index in [2.05, 4.69) is 4.90 Å². The van der Waals surface area contributed by atoms with Crippen LogP contribution in [0.5, 0.6) is 0 Å². The zero-order valence-electron chi connectivity index (χ0n) is 10.3. The second-order valence-corrected chi connectivity index (χ2v) is 5.31. The zero-order valence-corrected chi connectivity index (χ0v) is 10.3. The molecule has 1 spiro atoms. The summed E-state index contributed by atoms with van der Waals surface area (Å²) in [7, 11) is 0. The van der Waals surface area contributed by atoms with E-state index >= 15 is 0 Å². The number of rotatable bonds is 3. The summed E-state index contributed by atoms with van der Waals surface area (Å²) in [5, 5.41) is 0. The van der Waals surface area contributed by atoms with Crippen LogP contribution < -0.4 is 0 Å².